The molecule has 1 aromatic heterocycles. The number of hydrogen-bond donors (Lipinski definition) is 1. The van der Waals surface area contributed by atoms with E-state index in [1.54, 1.807) is 25.1 Å². The maximum absolute atomic E-state index is 12.9. The third-order valence-corrected chi connectivity index (χ3v) is 3.29. The highest BCUT2D eigenvalue weighted by Crippen LogP contribution is 2.32. The van der Waals surface area contributed by atoms with E-state index < -0.39 is 11.7 Å². The molecule has 0 aliphatic carbocycles. The van der Waals surface area contributed by atoms with Gasteiger partial charge in [0.25, 0.3) is 0 Å². The number of alkyl halides is 3. The first kappa shape index (κ1) is 14.8. The van der Waals surface area contributed by atoms with Gasteiger partial charge in [-0.15, -0.1) is 0 Å². The Balaban J connectivity index is 2.19. The van der Waals surface area contributed by atoms with Crippen LogP contribution in [0.25, 0.3) is 0 Å². The van der Waals surface area contributed by atoms with E-state index in [0.717, 1.165) is 11.8 Å². The standard InChI is InChI=1S/C14H12BrF3N2/c1-9-12(6-7-13(15)20-9)19-8-10-4-2-3-5-11(10)14(16,17)18/h2-7,19H,8H2,1H3. The average molecular weight is 345 g/mol. The Kier molecular flexibility index (Phi) is 4.32. The first-order valence-electron chi connectivity index (χ1n) is 5.90. The zero-order valence-electron chi connectivity index (χ0n) is 10.6. The van der Waals surface area contributed by atoms with Crippen molar-refractivity contribution in [3.8, 4) is 0 Å². The normalized spacial score (nSPS) is 11.4. The number of halogens is 4. The van der Waals surface area contributed by atoms with Gasteiger partial charge in [-0.3, -0.25) is 0 Å². The summed E-state index contributed by atoms with van der Waals surface area (Å²) >= 11 is 3.24. The van der Waals surface area contributed by atoms with Gasteiger partial charge in [0.1, 0.15) is 4.60 Å². The van der Waals surface area contributed by atoms with Gasteiger partial charge in [0.2, 0.25) is 0 Å². The molecule has 0 spiro atoms. The molecule has 1 aromatic carbocycles. The minimum absolute atomic E-state index is 0.0971. The van der Waals surface area contributed by atoms with E-state index in [0.29, 0.717) is 10.3 Å². The highest BCUT2D eigenvalue weighted by Gasteiger charge is 2.32. The van der Waals surface area contributed by atoms with E-state index in [9.17, 15) is 13.2 Å². The first-order chi connectivity index (χ1) is 9.38. The third-order valence-electron chi connectivity index (χ3n) is 2.84. The van der Waals surface area contributed by atoms with Crippen LogP contribution in [0.15, 0.2) is 41.0 Å². The second-order valence-corrected chi connectivity index (χ2v) is 5.09. The van der Waals surface area contributed by atoms with Crippen molar-refractivity contribution in [3.63, 3.8) is 0 Å². The minimum Gasteiger partial charge on any atom is -0.379 e. The smallest absolute Gasteiger partial charge is 0.379 e. The summed E-state index contributed by atoms with van der Waals surface area (Å²) in [7, 11) is 0. The molecule has 0 fully saturated rings. The monoisotopic (exact) mass is 344 g/mol. The molecule has 2 rings (SSSR count). The van der Waals surface area contributed by atoms with E-state index in [1.165, 1.54) is 12.1 Å². The van der Waals surface area contributed by atoms with Crippen molar-refractivity contribution >= 4 is 21.6 Å². The number of aromatic nitrogens is 1. The summed E-state index contributed by atoms with van der Waals surface area (Å²) in [6, 6.07) is 9.06. The molecular formula is C14H12BrF3N2. The molecule has 0 saturated heterocycles. The molecule has 1 heterocycles. The lowest BCUT2D eigenvalue weighted by atomic mass is 10.1. The summed E-state index contributed by atoms with van der Waals surface area (Å²) in [4.78, 5) is 4.19. The second kappa shape index (κ2) is 5.83. The summed E-state index contributed by atoms with van der Waals surface area (Å²) < 4.78 is 39.3. The summed E-state index contributed by atoms with van der Waals surface area (Å²) in [5.41, 5.74) is 1.03. The second-order valence-electron chi connectivity index (χ2n) is 4.28. The van der Waals surface area contributed by atoms with Crippen LogP contribution in [0, 0.1) is 6.92 Å². The number of rotatable bonds is 3. The molecule has 0 saturated carbocycles. The quantitative estimate of drug-likeness (QED) is 0.810. The number of pyridine rings is 1. The Morgan fingerprint density at radius 3 is 2.50 bits per heavy atom. The van der Waals surface area contributed by atoms with Gasteiger partial charge < -0.3 is 5.32 Å². The Bertz CT molecular complexity index is 612. The molecule has 2 nitrogen and oxygen atoms in total. The van der Waals surface area contributed by atoms with Crippen LogP contribution >= 0.6 is 15.9 Å². The highest BCUT2D eigenvalue weighted by molar-refractivity contribution is 9.10. The van der Waals surface area contributed by atoms with E-state index in [-0.39, 0.29) is 12.1 Å². The van der Waals surface area contributed by atoms with Crippen LogP contribution in [-0.2, 0) is 12.7 Å². The van der Waals surface area contributed by atoms with Crippen LogP contribution in [0.4, 0.5) is 18.9 Å². The molecule has 1 N–H and O–H groups in total. The summed E-state index contributed by atoms with van der Waals surface area (Å²) in [6.45, 7) is 1.89. The van der Waals surface area contributed by atoms with E-state index in [1.807, 2.05) is 0 Å². The van der Waals surface area contributed by atoms with E-state index in [4.69, 9.17) is 0 Å². The van der Waals surface area contributed by atoms with Crippen LogP contribution in [-0.4, -0.2) is 4.98 Å². The lowest BCUT2D eigenvalue weighted by Crippen LogP contribution is -2.12. The average Bonchev–Trinajstić information content (AvgIpc) is 2.37. The number of hydrogen-bond acceptors (Lipinski definition) is 2. The van der Waals surface area contributed by atoms with Gasteiger partial charge in [-0.05, 0) is 46.6 Å². The molecule has 0 unspecified atom stereocenters. The van der Waals surface area contributed by atoms with Gasteiger partial charge in [0.15, 0.2) is 0 Å². The molecule has 6 heteroatoms. The third kappa shape index (κ3) is 3.50. The molecule has 0 amide bonds. The Morgan fingerprint density at radius 1 is 1.15 bits per heavy atom. The first-order valence-corrected chi connectivity index (χ1v) is 6.69. The fourth-order valence-corrected chi connectivity index (χ4v) is 2.26. The Morgan fingerprint density at radius 2 is 1.85 bits per heavy atom. The van der Waals surface area contributed by atoms with Gasteiger partial charge in [-0.25, -0.2) is 4.98 Å². The fraction of sp³-hybridized carbons (Fsp3) is 0.214. The molecule has 0 aliphatic heterocycles. The van der Waals surface area contributed by atoms with Crippen molar-refractivity contribution in [1.29, 1.82) is 0 Å². The van der Waals surface area contributed by atoms with Crippen LogP contribution in [0.5, 0.6) is 0 Å². The maximum Gasteiger partial charge on any atom is 0.416 e. The molecule has 0 atom stereocenters. The maximum atomic E-state index is 12.9. The Hall–Kier alpha value is -1.56. The van der Waals surface area contributed by atoms with Crippen molar-refractivity contribution in [2.75, 3.05) is 5.32 Å². The molecule has 0 aliphatic rings. The topological polar surface area (TPSA) is 24.9 Å². The van der Waals surface area contributed by atoms with Gasteiger partial charge in [0, 0.05) is 6.54 Å². The van der Waals surface area contributed by atoms with E-state index in [2.05, 4.69) is 26.2 Å². The molecule has 106 valence electrons. The van der Waals surface area contributed by atoms with Crippen LogP contribution < -0.4 is 5.32 Å². The zero-order chi connectivity index (χ0) is 14.8. The largest absolute Gasteiger partial charge is 0.416 e. The predicted molar refractivity (Wildman–Crippen MR) is 75.4 cm³/mol. The van der Waals surface area contributed by atoms with Crippen molar-refractivity contribution in [3.05, 3.63) is 57.8 Å². The lowest BCUT2D eigenvalue weighted by Gasteiger charge is -2.14. The number of aryl methyl sites for hydroxylation is 1. The fourth-order valence-electron chi connectivity index (χ4n) is 1.86. The van der Waals surface area contributed by atoms with Crippen LogP contribution in [0.3, 0.4) is 0 Å². The minimum atomic E-state index is -4.34. The number of anilines is 1. The van der Waals surface area contributed by atoms with Gasteiger partial charge >= 0.3 is 6.18 Å². The van der Waals surface area contributed by atoms with Gasteiger partial charge in [0.05, 0.1) is 16.9 Å². The number of nitrogens with zero attached hydrogens (tertiary/aromatic N) is 1. The van der Waals surface area contributed by atoms with E-state index >= 15 is 0 Å². The number of benzene rings is 1. The summed E-state index contributed by atoms with van der Waals surface area (Å²) in [6.07, 6.45) is -4.34. The zero-order valence-corrected chi connectivity index (χ0v) is 12.2. The van der Waals surface area contributed by atoms with Crippen LogP contribution in [0.2, 0.25) is 0 Å². The van der Waals surface area contributed by atoms with Crippen molar-refractivity contribution in [1.82, 2.24) is 4.98 Å². The molecule has 20 heavy (non-hydrogen) atoms. The van der Waals surface area contributed by atoms with Crippen LogP contribution in [0.1, 0.15) is 16.8 Å². The van der Waals surface area contributed by atoms with Gasteiger partial charge in [-0.2, -0.15) is 13.2 Å². The Labute approximate surface area is 123 Å². The summed E-state index contributed by atoms with van der Waals surface area (Å²) in [5.74, 6) is 0. The lowest BCUT2D eigenvalue weighted by molar-refractivity contribution is -0.138. The predicted octanol–water partition coefficient (Wildman–Crippen LogP) is 4.78. The van der Waals surface area contributed by atoms with Crippen molar-refractivity contribution in [2.45, 2.75) is 19.6 Å². The highest BCUT2D eigenvalue weighted by atomic mass is 79.9. The molecule has 0 radical (unpaired) electrons. The number of nitrogens with one attached hydrogen (secondary N) is 1. The SMILES string of the molecule is Cc1nc(Br)ccc1NCc1ccccc1C(F)(F)F. The summed E-state index contributed by atoms with van der Waals surface area (Å²) in [5, 5.41) is 2.99. The molecular weight excluding hydrogens is 333 g/mol. The van der Waals surface area contributed by atoms with Gasteiger partial charge in [-0.1, -0.05) is 18.2 Å². The van der Waals surface area contributed by atoms with Crippen molar-refractivity contribution < 1.29 is 13.2 Å². The molecule has 0 bridgehead atoms. The molecule has 2 aromatic rings. The van der Waals surface area contributed by atoms with Crippen molar-refractivity contribution in [2.24, 2.45) is 0 Å².